The number of aromatic amines is 1. The predicted molar refractivity (Wildman–Crippen MR) is 435 cm³/mol. The number of fused-ring (bicyclic) bond motifs is 6. The van der Waals surface area contributed by atoms with Crippen LogP contribution in [0.5, 0.6) is 0 Å². The molecule has 0 saturated heterocycles. The molecule has 110 heavy (non-hydrogen) atoms. The summed E-state index contributed by atoms with van der Waals surface area (Å²) in [4.78, 5) is 56.0. The molecule has 0 bridgehead atoms. The maximum atomic E-state index is 13.5. The van der Waals surface area contributed by atoms with Crippen LogP contribution in [-0.2, 0) is 24.2 Å². The van der Waals surface area contributed by atoms with Crippen LogP contribution in [0.25, 0.3) is 88.6 Å². The first-order chi connectivity index (χ1) is 51.8. The van der Waals surface area contributed by atoms with Gasteiger partial charge in [-0.05, 0) is 204 Å². The topological polar surface area (TPSA) is 327 Å². The summed E-state index contributed by atoms with van der Waals surface area (Å²) in [6.45, 7) is 32.9. The highest BCUT2D eigenvalue weighted by atomic mass is 35.5. The number of aliphatic hydroxyl groups is 2. The average molecular weight is 1560 g/mol. The number of nitrogens with zero attached hydrogens (tertiary/aromatic N) is 11. The van der Waals surface area contributed by atoms with Crippen LogP contribution < -0.4 is 10.3 Å². The zero-order chi connectivity index (χ0) is 79.4. The lowest BCUT2D eigenvalue weighted by molar-refractivity contribution is 0.0536. The molecule has 0 amide bonds. The lowest BCUT2D eigenvalue weighted by atomic mass is 9.86. The third-order valence-corrected chi connectivity index (χ3v) is 27.4. The number of benzene rings is 3. The lowest BCUT2D eigenvalue weighted by Gasteiger charge is -2.39. The van der Waals surface area contributed by atoms with Gasteiger partial charge in [0.05, 0.1) is 51.3 Å². The largest absolute Gasteiger partial charge is 0.506 e. The van der Waals surface area contributed by atoms with E-state index >= 15 is 0 Å². The highest BCUT2D eigenvalue weighted by Crippen LogP contribution is 2.47. The summed E-state index contributed by atoms with van der Waals surface area (Å²) in [7, 11) is -8.02. The summed E-state index contributed by atoms with van der Waals surface area (Å²) in [5.41, 5.74) is 10.1. The molecule has 3 fully saturated rings. The third-order valence-electron chi connectivity index (χ3n) is 22.1. The number of carbonyl (C=O) groups excluding carboxylic acids is 2. The first-order valence-corrected chi connectivity index (χ1v) is 42.5. The minimum atomic E-state index is -4.28. The average Bonchev–Trinajstić information content (AvgIpc) is 1.60. The van der Waals surface area contributed by atoms with E-state index in [0.29, 0.717) is 40.9 Å². The number of nitrogens with one attached hydrogen (secondary N) is 2. The second-order valence-corrected chi connectivity index (χ2v) is 39.9. The summed E-state index contributed by atoms with van der Waals surface area (Å²) in [5.74, 6) is 1.42. The molecule has 9 atom stereocenters. The predicted octanol–water partition coefficient (Wildman–Crippen LogP) is 15.6. The fourth-order valence-electron chi connectivity index (χ4n) is 15.6. The Morgan fingerprint density at radius 2 is 1.11 bits per heavy atom. The highest BCUT2D eigenvalue weighted by molar-refractivity contribution is 7.83. The van der Waals surface area contributed by atoms with Crippen LogP contribution >= 0.6 is 11.6 Å². The van der Waals surface area contributed by atoms with Gasteiger partial charge in [0.15, 0.2) is 8.32 Å². The number of halogens is 1. The van der Waals surface area contributed by atoms with E-state index in [4.69, 9.17) is 35.0 Å². The number of aliphatic hydroxyl groups excluding tert-OH is 2. The summed E-state index contributed by atoms with van der Waals surface area (Å²) in [5, 5.41) is 45.8. The van der Waals surface area contributed by atoms with Crippen molar-refractivity contribution in [3.8, 4) is 22.8 Å². The van der Waals surface area contributed by atoms with Crippen molar-refractivity contribution in [2.75, 3.05) is 13.2 Å². The second kappa shape index (κ2) is 31.8. The van der Waals surface area contributed by atoms with Gasteiger partial charge in [0.25, 0.3) is 0 Å². The molecule has 3 saturated carbocycles. The van der Waals surface area contributed by atoms with Crippen molar-refractivity contribution in [1.82, 2.24) is 62.4 Å². The number of rotatable bonds is 13. The Balaban J connectivity index is 0.000000144. The number of hydrogen-bond donors (Lipinski definition) is 7. The van der Waals surface area contributed by atoms with Gasteiger partial charge in [0.2, 0.25) is 0 Å². The smallest absolute Gasteiger partial charge is 0.443 e. The minimum absolute atomic E-state index is 0.00240. The Bertz CT molecular complexity index is 5480. The molecule has 29 heteroatoms. The Morgan fingerprint density at radius 1 is 0.618 bits per heavy atom. The van der Waals surface area contributed by atoms with Crippen LogP contribution in [-0.4, -0.2) is 155 Å². The van der Waals surface area contributed by atoms with Crippen LogP contribution in [0, 0.1) is 44.4 Å². The van der Waals surface area contributed by atoms with Gasteiger partial charge in [0.1, 0.15) is 58.0 Å². The maximum absolute atomic E-state index is 13.5. The zero-order valence-electron chi connectivity index (χ0n) is 65.6. The summed E-state index contributed by atoms with van der Waals surface area (Å²) >= 11 is 6.10. The molecule has 0 aliphatic heterocycles. The van der Waals surface area contributed by atoms with E-state index in [2.05, 4.69) is 141 Å². The summed E-state index contributed by atoms with van der Waals surface area (Å²) in [6, 6.07) is 30.1. The van der Waals surface area contributed by atoms with E-state index in [9.17, 15) is 38.3 Å². The molecule has 0 unspecified atom stereocenters. The van der Waals surface area contributed by atoms with E-state index in [1.54, 1.807) is 50.1 Å². The van der Waals surface area contributed by atoms with Gasteiger partial charge >= 0.3 is 29.6 Å². The Morgan fingerprint density at radius 3 is 1.66 bits per heavy atom. The normalized spacial score (nSPS) is 20.5. The van der Waals surface area contributed by atoms with Gasteiger partial charge in [-0.15, -0.1) is 0 Å². The minimum Gasteiger partial charge on any atom is -0.443 e. The van der Waals surface area contributed by atoms with Crippen LogP contribution in [0.4, 0.5) is 9.59 Å². The van der Waals surface area contributed by atoms with Crippen molar-refractivity contribution in [2.24, 2.45) is 23.7 Å². The first kappa shape index (κ1) is 80.8. The molecule has 9 aromatic heterocycles. The van der Waals surface area contributed by atoms with Crippen LogP contribution in [0.1, 0.15) is 156 Å². The number of aryl methyl sites for hydroxylation is 3. The number of aromatic nitrogens is 12. The number of hydrogen-bond acceptors (Lipinski definition) is 17. The quantitative estimate of drug-likeness (QED) is 0.0320. The van der Waals surface area contributed by atoms with E-state index < -0.39 is 55.2 Å². The molecular weight excluding hydrogens is 1450 g/mol. The Labute approximate surface area is 648 Å². The molecule has 15 rings (SSSR count). The summed E-state index contributed by atoms with van der Waals surface area (Å²) in [6.07, 6.45) is 15.5. The molecule has 25 nitrogen and oxygen atoms in total. The molecule has 3 aliphatic rings. The van der Waals surface area contributed by atoms with Crippen molar-refractivity contribution in [3.05, 3.63) is 150 Å². The Hall–Kier alpha value is -8.68. The number of H-pyrrole nitrogens is 1. The SMILES string of the molecule is CC[C@@H]1C[C@@H](n2ccc3c(Cl)ncnc32)C[C@@H]1C.Cc1ccc2[nH]c(-c3ncnc4c3ccn4[C@@H]3C[C@@H](CNS(=O)(=O)O)[C@@H](O)C3)cc2c1.Cc1ccc2c(c1)cc(-c1ncnc3c1ccn3[C@@H]1C[C@@H](CO)[C@@H](O[Si](C)(C)C(C)(C)C)C1)n2C(=O)OC(C)(C)C.Cc1ccc2c(c1)cc(B(O)O)n2C(=O)OC(C)(C)C. The number of ether oxygens (including phenoxy) is 2. The molecule has 0 spiro atoms. The van der Waals surface area contributed by atoms with E-state index in [0.717, 1.165) is 107 Å². The molecular formula is C81H103BClN13O12SSi. The van der Waals surface area contributed by atoms with E-state index in [1.807, 2.05) is 93.9 Å². The number of carbonyl (C=O) groups is 2. The zero-order valence-corrected chi connectivity index (χ0v) is 68.1. The molecule has 12 aromatic rings. The van der Waals surface area contributed by atoms with Crippen LogP contribution in [0.3, 0.4) is 0 Å². The third kappa shape index (κ3) is 17.6. The monoisotopic (exact) mass is 1560 g/mol. The molecule has 9 heterocycles. The van der Waals surface area contributed by atoms with Crippen molar-refractivity contribution in [1.29, 1.82) is 0 Å². The fourth-order valence-corrected chi connectivity index (χ4v) is 17.7. The van der Waals surface area contributed by atoms with Gasteiger partial charge < -0.3 is 52.8 Å². The van der Waals surface area contributed by atoms with Gasteiger partial charge in [-0.1, -0.05) is 87.5 Å². The van der Waals surface area contributed by atoms with E-state index in [1.165, 1.54) is 35.7 Å². The van der Waals surface area contributed by atoms with Gasteiger partial charge in [-0.25, -0.2) is 44.1 Å². The molecule has 3 aromatic carbocycles. The van der Waals surface area contributed by atoms with Crippen LogP contribution in [0.15, 0.2) is 129 Å². The van der Waals surface area contributed by atoms with Crippen LogP contribution in [0.2, 0.25) is 23.3 Å². The standard InChI is InChI=1S/C32H44N4O4Si.C21H23N5O4S.C14H18BNO4.C14H18ClN3/c1-20-10-11-25-21(14-20)16-26(36(25)30(38)39-31(2,3)4)28-24-12-13-35(29(24)34-19-33-28)23-15-22(18-37)27(17-23)40-41(8,9)32(5,6)7;1-12-2-3-17-13(6-12)8-18(25-17)20-16-4-5-26(21(16)23-11-22-20)15-7-14(19(27)9-15)10-24-31(28,29)30;1-9-5-6-11-10(7-9)8-12(15(18)19)16(11)13(17)20-14(2,3)4;1-3-10-7-11(6-9(10)2)18-5-4-12-13(15)16-8-17-14(12)18/h10-14,16,19,22-23,27,37H,15,17-18H2,1-9H3;2-6,8,11,14-15,19,24-25,27H,7,9-10H2,1H3,(H,28,29,30);5-8,18-19H,1-4H3;4-5,8-11H,3,6-7H2,1-2H3/t22-,23+,27-;14-,15+,19-;;9-,10+,11-/m00.0/s1. The molecule has 0 radical (unpaired) electrons. The highest BCUT2D eigenvalue weighted by Gasteiger charge is 2.45. The fraction of sp³-hybridized carbons (Fsp3) is 0.457. The van der Waals surface area contributed by atoms with E-state index in [-0.39, 0.29) is 53.8 Å². The van der Waals surface area contributed by atoms with Gasteiger partial charge in [-0.2, -0.15) is 13.1 Å². The van der Waals surface area contributed by atoms with Crippen molar-refractivity contribution in [2.45, 2.75) is 202 Å². The maximum Gasteiger partial charge on any atom is 0.506 e. The van der Waals surface area contributed by atoms with Crippen molar-refractivity contribution in [3.63, 3.8) is 0 Å². The molecule has 7 N–H and O–H groups in total. The molecule has 3 aliphatic carbocycles. The summed E-state index contributed by atoms with van der Waals surface area (Å²) < 4.78 is 60.2. The first-order valence-electron chi connectivity index (χ1n) is 37.7. The van der Waals surface area contributed by atoms with Gasteiger partial charge in [-0.3, -0.25) is 9.12 Å². The van der Waals surface area contributed by atoms with Gasteiger partial charge in [0, 0.05) is 94.2 Å². The lowest BCUT2D eigenvalue weighted by Crippen LogP contribution is -2.45. The second-order valence-electron chi connectivity index (χ2n) is 33.5. The Kier molecular flexibility index (Phi) is 23.4. The molecule has 584 valence electrons. The van der Waals surface area contributed by atoms with Crippen molar-refractivity contribution >= 4 is 121 Å². The van der Waals surface area contributed by atoms with Crippen molar-refractivity contribution < 1.29 is 56.7 Å².